The molecule has 4 nitrogen and oxygen atoms in total. The van der Waals surface area contributed by atoms with Crippen LogP contribution in [0.15, 0.2) is 46.9 Å². The molecule has 21 heavy (non-hydrogen) atoms. The minimum atomic E-state index is -0.529. The number of rotatable bonds is 5. The topological polar surface area (TPSA) is 47.6 Å². The van der Waals surface area contributed by atoms with E-state index in [4.69, 9.17) is 9.47 Å². The van der Waals surface area contributed by atoms with Crippen LogP contribution in [-0.4, -0.2) is 19.6 Å². The number of methoxy groups -OCH3 is 1. The van der Waals surface area contributed by atoms with Gasteiger partial charge in [0.05, 0.1) is 7.11 Å². The fraction of sp³-hybridized carbons (Fsp3) is 0.133. The monoisotopic (exact) mass is 353 g/mol. The molecule has 0 atom stereocenters. The molecule has 1 amide bonds. The molecular weight excluding hydrogens is 341 g/mol. The van der Waals surface area contributed by atoms with E-state index in [0.717, 1.165) is 0 Å². The summed E-state index contributed by atoms with van der Waals surface area (Å²) in [6.07, 6.45) is 0. The zero-order valence-electron chi connectivity index (χ0n) is 11.2. The first-order chi connectivity index (χ1) is 10.1. The third-order valence-corrected chi connectivity index (χ3v) is 3.10. The third-order valence-electron chi connectivity index (χ3n) is 2.61. The van der Waals surface area contributed by atoms with Crippen molar-refractivity contribution in [3.63, 3.8) is 0 Å². The van der Waals surface area contributed by atoms with Crippen LogP contribution in [0.4, 0.5) is 10.1 Å². The van der Waals surface area contributed by atoms with Crippen LogP contribution in [0.5, 0.6) is 11.5 Å². The molecule has 110 valence electrons. The number of halogens is 2. The van der Waals surface area contributed by atoms with Gasteiger partial charge >= 0.3 is 0 Å². The predicted octanol–water partition coefficient (Wildman–Crippen LogP) is 3.61. The Labute approximate surface area is 130 Å². The molecule has 2 aromatic carbocycles. The fourth-order valence-electron chi connectivity index (χ4n) is 1.63. The number of carbonyl (C=O) groups excluding carboxylic acids is 1. The van der Waals surface area contributed by atoms with Crippen LogP contribution < -0.4 is 14.8 Å². The smallest absolute Gasteiger partial charge is 0.262 e. The van der Waals surface area contributed by atoms with E-state index in [1.807, 2.05) is 0 Å². The molecule has 0 aliphatic heterocycles. The quantitative estimate of drug-likeness (QED) is 0.892. The molecule has 0 saturated heterocycles. The summed E-state index contributed by atoms with van der Waals surface area (Å²) in [5.41, 5.74) is 0.583. The summed E-state index contributed by atoms with van der Waals surface area (Å²) >= 11 is 3.15. The Morgan fingerprint density at radius 1 is 1.29 bits per heavy atom. The Balaban J connectivity index is 1.92. The molecule has 2 aromatic rings. The molecular formula is C15H13BrFNO3. The highest BCUT2D eigenvalue weighted by molar-refractivity contribution is 9.10. The minimum absolute atomic E-state index is 0.0268. The van der Waals surface area contributed by atoms with Crippen molar-refractivity contribution in [3.8, 4) is 11.5 Å². The van der Waals surface area contributed by atoms with E-state index < -0.39 is 5.82 Å². The van der Waals surface area contributed by atoms with Gasteiger partial charge in [-0.05, 0) is 30.3 Å². The molecule has 0 aromatic heterocycles. The Hall–Kier alpha value is -2.08. The Morgan fingerprint density at radius 3 is 2.81 bits per heavy atom. The average Bonchev–Trinajstić information content (AvgIpc) is 2.46. The van der Waals surface area contributed by atoms with Crippen LogP contribution in [0.2, 0.25) is 0 Å². The first-order valence-corrected chi connectivity index (χ1v) is 6.89. The Bertz CT molecular complexity index is 649. The first kappa shape index (κ1) is 15.3. The molecule has 2 rings (SSSR count). The Morgan fingerprint density at radius 2 is 2.10 bits per heavy atom. The van der Waals surface area contributed by atoms with E-state index in [0.29, 0.717) is 15.9 Å². The van der Waals surface area contributed by atoms with Gasteiger partial charge in [-0.3, -0.25) is 4.79 Å². The SMILES string of the molecule is COc1cccc(NC(=O)COc2ccc(Br)cc2F)c1. The molecule has 0 heterocycles. The van der Waals surface area contributed by atoms with Crippen molar-refractivity contribution in [2.24, 2.45) is 0 Å². The van der Waals surface area contributed by atoms with Gasteiger partial charge in [0, 0.05) is 16.2 Å². The highest BCUT2D eigenvalue weighted by Gasteiger charge is 2.08. The predicted molar refractivity (Wildman–Crippen MR) is 81.2 cm³/mol. The molecule has 0 spiro atoms. The lowest BCUT2D eigenvalue weighted by Gasteiger charge is -2.09. The highest BCUT2D eigenvalue weighted by atomic mass is 79.9. The van der Waals surface area contributed by atoms with E-state index in [9.17, 15) is 9.18 Å². The third kappa shape index (κ3) is 4.46. The number of anilines is 1. The molecule has 1 N–H and O–H groups in total. The van der Waals surface area contributed by atoms with E-state index >= 15 is 0 Å². The van der Waals surface area contributed by atoms with Gasteiger partial charge in [-0.25, -0.2) is 4.39 Å². The van der Waals surface area contributed by atoms with Crippen molar-refractivity contribution in [3.05, 3.63) is 52.8 Å². The standard InChI is InChI=1S/C15H13BrFNO3/c1-20-12-4-2-3-11(8-12)18-15(19)9-21-14-6-5-10(16)7-13(14)17/h2-8H,9H2,1H3,(H,18,19). The number of ether oxygens (including phenoxy) is 2. The molecule has 0 aliphatic carbocycles. The zero-order valence-corrected chi connectivity index (χ0v) is 12.8. The van der Waals surface area contributed by atoms with Crippen LogP contribution in [0.25, 0.3) is 0 Å². The first-order valence-electron chi connectivity index (χ1n) is 6.10. The average molecular weight is 354 g/mol. The lowest BCUT2D eigenvalue weighted by molar-refractivity contribution is -0.118. The number of benzene rings is 2. The van der Waals surface area contributed by atoms with Gasteiger partial charge in [-0.2, -0.15) is 0 Å². The van der Waals surface area contributed by atoms with Crippen molar-refractivity contribution in [1.29, 1.82) is 0 Å². The molecule has 0 aliphatic rings. The van der Waals surface area contributed by atoms with Gasteiger partial charge in [0.25, 0.3) is 5.91 Å². The van der Waals surface area contributed by atoms with Crippen molar-refractivity contribution < 1.29 is 18.7 Å². The maximum absolute atomic E-state index is 13.5. The van der Waals surface area contributed by atoms with E-state index in [-0.39, 0.29) is 18.3 Å². The molecule has 0 radical (unpaired) electrons. The van der Waals surface area contributed by atoms with Crippen molar-refractivity contribution >= 4 is 27.5 Å². The summed E-state index contributed by atoms with van der Waals surface area (Å²) < 4.78 is 24.3. The van der Waals surface area contributed by atoms with Crippen LogP contribution >= 0.6 is 15.9 Å². The van der Waals surface area contributed by atoms with Crippen molar-refractivity contribution in [2.75, 3.05) is 19.0 Å². The van der Waals surface area contributed by atoms with Gasteiger partial charge in [0.1, 0.15) is 5.75 Å². The zero-order chi connectivity index (χ0) is 15.2. The minimum Gasteiger partial charge on any atom is -0.497 e. The van der Waals surface area contributed by atoms with E-state index in [1.165, 1.54) is 12.1 Å². The van der Waals surface area contributed by atoms with Gasteiger partial charge in [0.2, 0.25) is 0 Å². The summed E-state index contributed by atoms with van der Waals surface area (Å²) in [5.74, 6) is -0.254. The number of hydrogen-bond acceptors (Lipinski definition) is 3. The van der Waals surface area contributed by atoms with Crippen LogP contribution in [0.1, 0.15) is 0 Å². The van der Waals surface area contributed by atoms with E-state index in [2.05, 4.69) is 21.2 Å². The second-order valence-electron chi connectivity index (χ2n) is 4.14. The largest absolute Gasteiger partial charge is 0.497 e. The maximum Gasteiger partial charge on any atom is 0.262 e. The molecule has 0 saturated carbocycles. The number of carbonyl (C=O) groups is 1. The lowest BCUT2D eigenvalue weighted by atomic mass is 10.3. The van der Waals surface area contributed by atoms with E-state index in [1.54, 1.807) is 37.4 Å². The second-order valence-corrected chi connectivity index (χ2v) is 5.06. The maximum atomic E-state index is 13.5. The van der Waals surface area contributed by atoms with Crippen molar-refractivity contribution in [1.82, 2.24) is 0 Å². The highest BCUT2D eigenvalue weighted by Crippen LogP contribution is 2.21. The molecule has 0 fully saturated rings. The fourth-order valence-corrected chi connectivity index (χ4v) is 1.97. The van der Waals surface area contributed by atoms with Gasteiger partial charge in [-0.15, -0.1) is 0 Å². The summed E-state index contributed by atoms with van der Waals surface area (Å²) in [5, 5.41) is 2.64. The van der Waals surface area contributed by atoms with Gasteiger partial charge < -0.3 is 14.8 Å². The summed E-state index contributed by atoms with van der Waals surface area (Å²) in [6.45, 7) is -0.282. The second kappa shape index (κ2) is 7.08. The number of nitrogens with one attached hydrogen (secondary N) is 1. The molecule has 0 unspecified atom stereocenters. The van der Waals surface area contributed by atoms with Crippen LogP contribution in [0.3, 0.4) is 0 Å². The van der Waals surface area contributed by atoms with Gasteiger partial charge in [-0.1, -0.05) is 22.0 Å². The number of hydrogen-bond donors (Lipinski definition) is 1. The Kier molecular flexibility index (Phi) is 5.16. The van der Waals surface area contributed by atoms with Gasteiger partial charge in [0.15, 0.2) is 18.2 Å². The molecule has 0 bridgehead atoms. The number of amides is 1. The summed E-state index contributed by atoms with van der Waals surface area (Å²) in [6, 6.07) is 11.3. The summed E-state index contributed by atoms with van der Waals surface area (Å²) in [4.78, 5) is 11.8. The summed E-state index contributed by atoms with van der Waals surface area (Å²) in [7, 11) is 1.54. The lowest BCUT2D eigenvalue weighted by Crippen LogP contribution is -2.20. The van der Waals surface area contributed by atoms with Crippen LogP contribution in [-0.2, 0) is 4.79 Å². The van der Waals surface area contributed by atoms with Crippen LogP contribution in [0, 0.1) is 5.82 Å². The molecule has 6 heteroatoms. The normalized spacial score (nSPS) is 10.0. The van der Waals surface area contributed by atoms with Crippen molar-refractivity contribution in [2.45, 2.75) is 0 Å².